The summed E-state index contributed by atoms with van der Waals surface area (Å²) in [6, 6.07) is 19.4. The number of likely N-dealkylation sites (tertiary alicyclic amines) is 1. The van der Waals surface area contributed by atoms with Gasteiger partial charge in [-0.1, -0.05) is 60.7 Å². The van der Waals surface area contributed by atoms with Gasteiger partial charge < -0.3 is 15.4 Å². The van der Waals surface area contributed by atoms with Crippen molar-refractivity contribution < 1.29 is 32.3 Å². The van der Waals surface area contributed by atoms with E-state index in [0.717, 1.165) is 23.8 Å². The van der Waals surface area contributed by atoms with Gasteiger partial charge in [0.1, 0.15) is 5.75 Å². The summed E-state index contributed by atoms with van der Waals surface area (Å²) in [6.45, 7) is 0.827. The van der Waals surface area contributed by atoms with Crippen LogP contribution in [0.15, 0.2) is 77.8 Å². The Hall–Kier alpha value is -4.67. The van der Waals surface area contributed by atoms with Crippen LogP contribution in [0.2, 0.25) is 0 Å². The van der Waals surface area contributed by atoms with Crippen LogP contribution in [0.25, 0.3) is 11.1 Å². The lowest BCUT2D eigenvalue weighted by Gasteiger charge is -2.31. The predicted molar refractivity (Wildman–Crippen MR) is 140 cm³/mol. The van der Waals surface area contributed by atoms with Gasteiger partial charge in [0.2, 0.25) is 0 Å². The third-order valence-corrected chi connectivity index (χ3v) is 7.09. The second-order valence-electron chi connectivity index (χ2n) is 9.52. The number of nitrogens with zero attached hydrogens (tertiary/aromatic N) is 3. The molecule has 2 N–H and O–H groups in total. The third kappa shape index (κ3) is 4.47. The van der Waals surface area contributed by atoms with Crippen molar-refractivity contribution >= 4 is 23.7 Å². The van der Waals surface area contributed by atoms with E-state index in [2.05, 4.69) is 4.99 Å². The van der Waals surface area contributed by atoms with Gasteiger partial charge in [-0.25, -0.2) is 9.79 Å². The summed E-state index contributed by atoms with van der Waals surface area (Å²) in [5, 5.41) is 0. The third-order valence-electron chi connectivity index (χ3n) is 7.09. The molecule has 3 aromatic rings. The van der Waals surface area contributed by atoms with E-state index in [1.165, 1.54) is 13.1 Å². The van der Waals surface area contributed by atoms with Crippen molar-refractivity contribution in [2.24, 2.45) is 10.7 Å². The fraction of sp³-hybridized carbons (Fsp3) is 0.241. The molecular formula is C29H25F3N4O4. The van der Waals surface area contributed by atoms with Crippen molar-refractivity contribution in [3.8, 4) is 16.9 Å². The average Bonchev–Trinajstić information content (AvgIpc) is 3.57. The first-order valence-electron chi connectivity index (χ1n) is 12.6. The van der Waals surface area contributed by atoms with E-state index < -0.39 is 35.2 Å². The lowest BCUT2D eigenvalue weighted by atomic mass is 9.77. The number of alkyl halides is 3. The number of benzene rings is 3. The SMILES string of the molecule is CN1C(=O)C(c2ccccc2)(c2c(OC(=O)C(F)(F)F)ccc(-c3ccccc3)c2C(=O)N2CCCC2)N=C1N. The Morgan fingerprint density at radius 1 is 0.950 bits per heavy atom. The van der Waals surface area contributed by atoms with E-state index in [-0.39, 0.29) is 22.6 Å². The molecule has 0 saturated carbocycles. The second-order valence-corrected chi connectivity index (χ2v) is 9.52. The monoisotopic (exact) mass is 550 g/mol. The minimum atomic E-state index is -5.34. The number of esters is 1. The molecule has 8 nitrogen and oxygen atoms in total. The van der Waals surface area contributed by atoms with Crippen molar-refractivity contribution in [3.63, 3.8) is 0 Å². The highest BCUT2D eigenvalue weighted by atomic mass is 19.4. The molecule has 1 saturated heterocycles. The Labute approximate surface area is 227 Å². The van der Waals surface area contributed by atoms with Crippen LogP contribution in [-0.4, -0.2) is 59.9 Å². The number of guanidine groups is 1. The molecule has 5 rings (SSSR count). The van der Waals surface area contributed by atoms with E-state index in [0.29, 0.717) is 24.2 Å². The van der Waals surface area contributed by atoms with Crippen molar-refractivity contribution in [2.75, 3.05) is 20.1 Å². The van der Waals surface area contributed by atoms with E-state index in [9.17, 15) is 27.6 Å². The van der Waals surface area contributed by atoms with E-state index in [4.69, 9.17) is 10.5 Å². The van der Waals surface area contributed by atoms with Gasteiger partial charge in [0.15, 0.2) is 11.5 Å². The first kappa shape index (κ1) is 26.9. The highest BCUT2D eigenvalue weighted by Gasteiger charge is 2.54. The molecule has 1 fully saturated rings. The quantitative estimate of drug-likeness (QED) is 0.381. The van der Waals surface area contributed by atoms with E-state index in [1.807, 2.05) is 0 Å². The van der Waals surface area contributed by atoms with Crippen LogP contribution in [0.3, 0.4) is 0 Å². The smallest absolute Gasteiger partial charge is 0.419 e. The molecule has 2 heterocycles. The van der Waals surface area contributed by atoms with Crippen molar-refractivity contribution in [1.29, 1.82) is 0 Å². The summed E-state index contributed by atoms with van der Waals surface area (Å²) in [5.74, 6) is -4.58. The van der Waals surface area contributed by atoms with Gasteiger partial charge in [-0.3, -0.25) is 14.5 Å². The second kappa shape index (κ2) is 10.1. The first-order chi connectivity index (χ1) is 19.1. The number of likely N-dealkylation sites (N-methyl/N-ethyl adjacent to an activating group) is 1. The fourth-order valence-electron chi connectivity index (χ4n) is 5.16. The number of carbonyl (C=O) groups is 3. The maximum absolute atomic E-state index is 14.3. The van der Waals surface area contributed by atoms with Gasteiger partial charge in [-0.2, -0.15) is 13.2 Å². The summed E-state index contributed by atoms with van der Waals surface area (Å²) >= 11 is 0. The summed E-state index contributed by atoms with van der Waals surface area (Å²) in [4.78, 5) is 47.6. The van der Waals surface area contributed by atoms with Crippen molar-refractivity contribution in [3.05, 3.63) is 89.5 Å². The Morgan fingerprint density at radius 2 is 1.55 bits per heavy atom. The van der Waals surface area contributed by atoms with Crippen LogP contribution in [0, 0.1) is 0 Å². The maximum Gasteiger partial charge on any atom is 0.491 e. The van der Waals surface area contributed by atoms with Gasteiger partial charge in [0, 0.05) is 25.7 Å². The molecule has 3 aromatic carbocycles. The highest BCUT2D eigenvalue weighted by molar-refractivity contribution is 6.13. The number of aliphatic imine (C=N–C) groups is 1. The minimum Gasteiger partial charge on any atom is -0.419 e. The van der Waals surface area contributed by atoms with Crippen LogP contribution in [0.5, 0.6) is 5.75 Å². The molecule has 0 aromatic heterocycles. The lowest BCUT2D eigenvalue weighted by molar-refractivity contribution is -0.189. The largest absolute Gasteiger partial charge is 0.491 e. The summed E-state index contributed by atoms with van der Waals surface area (Å²) in [5.41, 5.74) is 4.76. The Balaban J connectivity index is 1.92. The number of carbonyl (C=O) groups excluding carboxylic acids is 3. The van der Waals surface area contributed by atoms with Crippen LogP contribution < -0.4 is 10.5 Å². The zero-order valence-electron chi connectivity index (χ0n) is 21.4. The van der Waals surface area contributed by atoms with Crippen LogP contribution >= 0.6 is 0 Å². The standard InChI is InChI=1S/C29H25F3N4O4/c1-35-25(38)28(34-27(35)33,19-12-6-3-7-13-19)23-21(40-26(39)29(30,31)32)15-14-20(18-10-4-2-5-11-18)22(23)24(37)36-16-8-9-17-36/h2-7,10-15H,8-9,16-17H2,1H3,(H2,33,34). The zero-order chi connectivity index (χ0) is 28.7. The Bertz CT molecular complexity index is 1500. The van der Waals surface area contributed by atoms with Gasteiger partial charge in [0.25, 0.3) is 11.8 Å². The number of hydrogen-bond donors (Lipinski definition) is 1. The Morgan fingerprint density at radius 3 is 2.10 bits per heavy atom. The average molecular weight is 551 g/mol. The van der Waals surface area contributed by atoms with Gasteiger partial charge in [-0.15, -0.1) is 0 Å². The minimum absolute atomic E-state index is 0.0929. The Kier molecular flexibility index (Phi) is 6.82. The number of hydrogen-bond acceptors (Lipinski definition) is 6. The number of halogens is 3. The number of rotatable bonds is 5. The molecule has 206 valence electrons. The zero-order valence-corrected chi connectivity index (χ0v) is 21.4. The van der Waals surface area contributed by atoms with Crippen LogP contribution in [0.4, 0.5) is 13.2 Å². The van der Waals surface area contributed by atoms with E-state index >= 15 is 0 Å². The van der Waals surface area contributed by atoms with Gasteiger partial charge in [0.05, 0.1) is 5.56 Å². The molecule has 0 spiro atoms. The number of amides is 2. The van der Waals surface area contributed by atoms with E-state index in [1.54, 1.807) is 65.6 Å². The predicted octanol–water partition coefficient (Wildman–Crippen LogP) is 4.09. The number of ether oxygens (including phenoxy) is 1. The molecule has 0 radical (unpaired) electrons. The highest BCUT2D eigenvalue weighted by Crippen LogP contribution is 2.48. The molecule has 11 heteroatoms. The normalized spacial score (nSPS) is 19.1. The molecular weight excluding hydrogens is 525 g/mol. The molecule has 0 aliphatic carbocycles. The van der Waals surface area contributed by atoms with Crippen molar-refractivity contribution in [1.82, 2.24) is 9.80 Å². The molecule has 2 amide bonds. The molecule has 40 heavy (non-hydrogen) atoms. The molecule has 1 atom stereocenters. The molecule has 2 aliphatic rings. The topological polar surface area (TPSA) is 105 Å². The number of nitrogens with two attached hydrogens (primary N) is 1. The fourth-order valence-corrected chi connectivity index (χ4v) is 5.16. The first-order valence-corrected chi connectivity index (χ1v) is 12.6. The maximum atomic E-state index is 14.3. The van der Waals surface area contributed by atoms with Gasteiger partial charge >= 0.3 is 12.1 Å². The molecule has 0 bridgehead atoms. The van der Waals surface area contributed by atoms with Crippen LogP contribution in [0.1, 0.15) is 34.3 Å². The van der Waals surface area contributed by atoms with Crippen LogP contribution in [-0.2, 0) is 15.1 Å². The van der Waals surface area contributed by atoms with Gasteiger partial charge in [-0.05, 0) is 41.7 Å². The summed E-state index contributed by atoms with van der Waals surface area (Å²) in [6.07, 6.45) is -3.87. The molecule has 2 aliphatic heterocycles. The summed E-state index contributed by atoms with van der Waals surface area (Å²) < 4.78 is 45.2. The summed E-state index contributed by atoms with van der Waals surface area (Å²) in [7, 11) is 1.37. The van der Waals surface area contributed by atoms with Crippen molar-refractivity contribution in [2.45, 2.75) is 24.6 Å². The lowest BCUT2D eigenvalue weighted by Crippen LogP contribution is -2.43. The molecule has 1 unspecified atom stereocenters.